The summed E-state index contributed by atoms with van der Waals surface area (Å²) in [7, 11) is 1.52. The van der Waals surface area contributed by atoms with Crippen LogP contribution in [0.4, 0.5) is 0 Å². The van der Waals surface area contributed by atoms with Crippen molar-refractivity contribution in [2.45, 2.75) is 12.5 Å². The van der Waals surface area contributed by atoms with Gasteiger partial charge in [-0.2, -0.15) is 0 Å². The molecule has 1 atom stereocenters. The van der Waals surface area contributed by atoms with E-state index in [1.54, 1.807) is 12.1 Å². The summed E-state index contributed by atoms with van der Waals surface area (Å²) in [5.74, 6) is -0.489. The fraction of sp³-hybridized carbons (Fsp3) is 0.222. The van der Waals surface area contributed by atoms with E-state index in [2.05, 4.69) is 31.9 Å². The molecule has 0 amide bonds. The smallest absolute Gasteiger partial charge is 0.309 e. The number of phenolic OH excluding ortho intramolecular Hbond substituents is 1. The zero-order valence-electron chi connectivity index (χ0n) is 13.7. The summed E-state index contributed by atoms with van der Waals surface area (Å²) in [5, 5.41) is 19.4. The van der Waals surface area contributed by atoms with E-state index < -0.39 is 24.5 Å². The van der Waals surface area contributed by atoms with Crippen molar-refractivity contribution in [1.29, 1.82) is 0 Å². The summed E-state index contributed by atoms with van der Waals surface area (Å²) in [4.78, 5) is 23.8. The summed E-state index contributed by atoms with van der Waals surface area (Å²) >= 11 is 6.66. The van der Waals surface area contributed by atoms with Gasteiger partial charge in [0.15, 0.2) is 12.4 Å². The summed E-state index contributed by atoms with van der Waals surface area (Å²) in [6.45, 7) is -0.438. The number of aliphatic hydroxyl groups is 1. The molecule has 8 heteroatoms. The molecule has 1 unspecified atom stereocenters. The van der Waals surface area contributed by atoms with Gasteiger partial charge in [0.05, 0.1) is 28.6 Å². The lowest BCUT2D eigenvalue weighted by Gasteiger charge is -2.14. The molecule has 0 aliphatic heterocycles. The number of aromatic hydroxyl groups is 1. The highest BCUT2D eigenvalue weighted by Crippen LogP contribution is 2.36. The third kappa shape index (κ3) is 5.30. The predicted octanol–water partition coefficient (Wildman–Crippen LogP) is 3.78. The number of hydrogen-bond acceptors (Lipinski definition) is 6. The van der Waals surface area contributed by atoms with Crippen molar-refractivity contribution >= 4 is 43.6 Å². The van der Waals surface area contributed by atoms with Crippen LogP contribution < -0.4 is 4.74 Å². The quantitative estimate of drug-likeness (QED) is 0.456. The van der Waals surface area contributed by atoms with Gasteiger partial charge in [-0.05, 0) is 73.8 Å². The number of ether oxygens (including phenoxy) is 2. The van der Waals surface area contributed by atoms with Gasteiger partial charge < -0.3 is 19.7 Å². The number of hydrogen-bond donors (Lipinski definition) is 2. The van der Waals surface area contributed by atoms with Crippen molar-refractivity contribution in [3.8, 4) is 11.5 Å². The van der Waals surface area contributed by atoms with Gasteiger partial charge in [0, 0.05) is 5.56 Å². The number of phenols is 1. The van der Waals surface area contributed by atoms with Crippen LogP contribution in [0.1, 0.15) is 28.4 Å². The van der Waals surface area contributed by atoms with Crippen molar-refractivity contribution in [1.82, 2.24) is 0 Å². The monoisotopic (exact) mass is 486 g/mol. The van der Waals surface area contributed by atoms with Gasteiger partial charge in [0.2, 0.25) is 0 Å². The fourth-order valence-corrected chi connectivity index (χ4v) is 3.72. The second-order valence-electron chi connectivity index (χ2n) is 5.37. The Morgan fingerprint density at radius 2 is 1.69 bits per heavy atom. The van der Waals surface area contributed by atoms with Gasteiger partial charge in [0.25, 0.3) is 0 Å². The molecule has 0 spiro atoms. The Hall–Kier alpha value is -1.90. The fourth-order valence-electron chi connectivity index (χ4n) is 2.18. The molecule has 2 aromatic rings. The molecule has 2 aromatic carbocycles. The van der Waals surface area contributed by atoms with Gasteiger partial charge in [0.1, 0.15) is 11.5 Å². The van der Waals surface area contributed by atoms with Crippen molar-refractivity contribution in [2.24, 2.45) is 0 Å². The minimum absolute atomic E-state index is 0.0403. The molecule has 0 aliphatic rings. The van der Waals surface area contributed by atoms with Crippen LogP contribution in [0, 0.1) is 0 Å². The first-order valence-corrected chi connectivity index (χ1v) is 9.09. The molecule has 0 fully saturated rings. The average molecular weight is 488 g/mol. The van der Waals surface area contributed by atoms with Crippen molar-refractivity contribution in [3.05, 3.63) is 56.5 Å². The summed E-state index contributed by atoms with van der Waals surface area (Å²) in [6, 6.07) is 8.90. The molecular weight excluding hydrogens is 472 g/mol. The van der Waals surface area contributed by atoms with E-state index in [4.69, 9.17) is 9.47 Å². The molecule has 26 heavy (non-hydrogen) atoms. The van der Waals surface area contributed by atoms with E-state index >= 15 is 0 Å². The number of carbonyl (C=O) groups excluding carboxylic acids is 2. The topological polar surface area (TPSA) is 93.1 Å². The number of benzene rings is 2. The predicted molar refractivity (Wildman–Crippen MR) is 101 cm³/mol. The van der Waals surface area contributed by atoms with Gasteiger partial charge in [-0.25, -0.2) is 0 Å². The van der Waals surface area contributed by atoms with Crippen molar-refractivity contribution < 1.29 is 29.3 Å². The summed E-state index contributed by atoms with van der Waals surface area (Å²) in [6.07, 6.45) is -1.39. The van der Waals surface area contributed by atoms with Crippen LogP contribution in [0.15, 0.2) is 45.3 Å². The summed E-state index contributed by atoms with van der Waals surface area (Å²) < 4.78 is 11.4. The Balaban J connectivity index is 1.93. The number of halogens is 2. The summed E-state index contributed by atoms with van der Waals surface area (Å²) in [5.41, 5.74) is 0.811. The Morgan fingerprint density at radius 1 is 1.12 bits per heavy atom. The molecule has 138 valence electrons. The van der Waals surface area contributed by atoms with Crippen LogP contribution in [0.3, 0.4) is 0 Å². The lowest BCUT2D eigenvalue weighted by molar-refractivity contribution is -0.144. The van der Waals surface area contributed by atoms with Crippen molar-refractivity contribution in [3.63, 3.8) is 0 Å². The van der Waals surface area contributed by atoms with Crippen LogP contribution >= 0.6 is 31.9 Å². The van der Waals surface area contributed by atoms with Crippen LogP contribution in [-0.2, 0) is 9.53 Å². The minimum atomic E-state index is -1.09. The first-order chi connectivity index (χ1) is 12.3. The third-order valence-electron chi connectivity index (χ3n) is 3.52. The third-order valence-corrected chi connectivity index (χ3v) is 4.70. The lowest BCUT2D eigenvalue weighted by Crippen LogP contribution is -2.16. The highest BCUT2D eigenvalue weighted by Gasteiger charge is 2.18. The van der Waals surface area contributed by atoms with E-state index in [1.165, 1.54) is 31.4 Å². The Morgan fingerprint density at radius 3 is 2.23 bits per heavy atom. The SMILES string of the molecule is COc1c(Br)cc(C(O)CC(=O)OCC(=O)c2ccc(O)cc2)cc1Br. The second-order valence-corrected chi connectivity index (χ2v) is 7.08. The molecular formula is C18H16Br2O6. The number of aliphatic hydroxyl groups excluding tert-OH is 1. The maximum atomic E-state index is 11.9. The highest BCUT2D eigenvalue weighted by atomic mass is 79.9. The van der Waals surface area contributed by atoms with Crippen LogP contribution in [-0.4, -0.2) is 35.7 Å². The number of Topliss-reactive ketones (excluding diaryl/α,β-unsaturated/α-hetero) is 1. The van der Waals surface area contributed by atoms with Gasteiger partial charge >= 0.3 is 5.97 Å². The van der Waals surface area contributed by atoms with E-state index in [-0.39, 0.29) is 12.2 Å². The molecule has 0 aromatic heterocycles. The maximum absolute atomic E-state index is 11.9. The zero-order chi connectivity index (χ0) is 19.3. The van der Waals surface area contributed by atoms with Crippen LogP contribution in [0.2, 0.25) is 0 Å². The van der Waals surface area contributed by atoms with E-state index in [1.807, 2.05) is 0 Å². The van der Waals surface area contributed by atoms with E-state index in [0.717, 1.165) is 0 Å². The largest absolute Gasteiger partial charge is 0.508 e. The lowest BCUT2D eigenvalue weighted by atomic mass is 10.1. The van der Waals surface area contributed by atoms with Crippen LogP contribution in [0.5, 0.6) is 11.5 Å². The first-order valence-electron chi connectivity index (χ1n) is 7.50. The molecule has 2 N–H and O–H groups in total. The molecule has 0 radical (unpaired) electrons. The number of rotatable bonds is 7. The number of carbonyl (C=O) groups is 2. The molecule has 0 aliphatic carbocycles. The standard InChI is InChI=1S/C18H16Br2O6/c1-25-18-13(19)6-11(7-14(18)20)15(22)8-17(24)26-9-16(23)10-2-4-12(21)5-3-10/h2-7,15,21-22H,8-9H2,1H3. The normalized spacial score (nSPS) is 11.7. The van der Waals surface area contributed by atoms with Gasteiger partial charge in [-0.3, -0.25) is 9.59 Å². The molecule has 2 rings (SSSR count). The first kappa shape index (κ1) is 20.4. The maximum Gasteiger partial charge on any atom is 0.309 e. The Kier molecular flexibility index (Phi) is 7.19. The van der Waals surface area contributed by atoms with Crippen molar-refractivity contribution in [2.75, 3.05) is 13.7 Å². The number of esters is 1. The average Bonchev–Trinajstić information content (AvgIpc) is 2.60. The second kappa shape index (κ2) is 9.16. The number of methoxy groups -OCH3 is 1. The minimum Gasteiger partial charge on any atom is -0.508 e. The highest BCUT2D eigenvalue weighted by molar-refractivity contribution is 9.11. The Labute approximate surface area is 167 Å². The Bertz CT molecular complexity index is 781. The van der Waals surface area contributed by atoms with E-state index in [9.17, 15) is 19.8 Å². The van der Waals surface area contributed by atoms with E-state index in [0.29, 0.717) is 25.8 Å². The molecule has 0 bridgehead atoms. The molecule has 0 saturated heterocycles. The molecule has 0 heterocycles. The van der Waals surface area contributed by atoms with Gasteiger partial charge in [-0.1, -0.05) is 0 Å². The molecule has 0 saturated carbocycles. The number of ketones is 1. The van der Waals surface area contributed by atoms with Crippen LogP contribution in [0.25, 0.3) is 0 Å². The zero-order valence-corrected chi connectivity index (χ0v) is 16.9. The molecule has 6 nitrogen and oxygen atoms in total. The van der Waals surface area contributed by atoms with Gasteiger partial charge in [-0.15, -0.1) is 0 Å².